The molecule has 5 atom stereocenters. The number of esters is 3. The summed E-state index contributed by atoms with van der Waals surface area (Å²) < 4.78 is 66.2. The minimum Gasteiger partial charge on any atom is -0.463 e. The lowest BCUT2D eigenvalue weighted by Gasteiger charge is -2.44. The van der Waals surface area contributed by atoms with Gasteiger partial charge in [-0.1, -0.05) is 12.1 Å². The lowest BCUT2D eigenvalue weighted by atomic mass is 9.97. The molecule has 1 aliphatic heterocycles. The third kappa shape index (κ3) is 6.87. The van der Waals surface area contributed by atoms with Crippen molar-refractivity contribution in [3.8, 4) is 0 Å². The summed E-state index contributed by atoms with van der Waals surface area (Å²) >= 11 is 0.686. The van der Waals surface area contributed by atoms with Crippen molar-refractivity contribution in [2.45, 2.75) is 62.0 Å². The minimum absolute atomic E-state index is 0.0359. The van der Waals surface area contributed by atoms with Crippen LogP contribution in [0.1, 0.15) is 20.8 Å². The standard InChI is InChI=1S/C21H21F3N2O9S/c1-9(27)31-8-14-16(32-10(2)28)17(33-11(3)29)15(26-19(30)21(22,23)24)18(34-14)36-20-25-12-6-4-5-7-13(12)35-20/h4-7,14-18H,8H2,1-3H3,(H,26,30)/t14-,15-,16-,17-,18+/m1/s1. The second-order valence-corrected chi connectivity index (χ2v) is 8.61. The zero-order valence-electron chi connectivity index (χ0n) is 19.1. The number of carbonyl (C=O) groups excluding carboxylic acids is 4. The van der Waals surface area contributed by atoms with Gasteiger partial charge in [0.15, 0.2) is 17.8 Å². The molecule has 2 aromatic rings. The van der Waals surface area contributed by atoms with Crippen LogP contribution >= 0.6 is 11.8 Å². The molecule has 0 saturated carbocycles. The predicted octanol–water partition coefficient (Wildman–Crippen LogP) is 2.12. The van der Waals surface area contributed by atoms with Crippen molar-refractivity contribution in [1.82, 2.24) is 10.3 Å². The zero-order chi connectivity index (χ0) is 26.6. The second-order valence-electron chi connectivity index (χ2n) is 7.56. The van der Waals surface area contributed by atoms with E-state index in [4.69, 9.17) is 23.4 Å². The summed E-state index contributed by atoms with van der Waals surface area (Å²) in [6.07, 6.45) is -9.78. The molecule has 1 N–H and O–H groups in total. The average Bonchev–Trinajstić information content (AvgIpc) is 3.17. The van der Waals surface area contributed by atoms with Gasteiger partial charge in [-0.05, 0) is 23.9 Å². The monoisotopic (exact) mass is 534 g/mol. The quantitative estimate of drug-likeness (QED) is 0.412. The van der Waals surface area contributed by atoms with Crippen LogP contribution in [-0.4, -0.2) is 71.4 Å². The molecule has 0 radical (unpaired) electrons. The molecule has 1 aromatic carbocycles. The van der Waals surface area contributed by atoms with Crippen LogP contribution in [0.3, 0.4) is 0 Å². The lowest BCUT2D eigenvalue weighted by Crippen LogP contribution is -2.66. The largest absolute Gasteiger partial charge is 0.471 e. The number of fused-ring (bicyclic) bond motifs is 1. The number of hydrogen-bond acceptors (Lipinski definition) is 11. The summed E-state index contributed by atoms with van der Waals surface area (Å²) in [7, 11) is 0. The number of nitrogens with one attached hydrogen (secondary N) is 1. The Balaban J connectivity index is 2.03. The summed E-state index contributed by atoms with van der Waals surface area (Å²) in [5.74, 6) is -4.90. The molecule has 1 saturated heterocycles. The van der Waals surface area contributed by atoms with Gasteiger partial charge < -0.3 is 28.7 Å². The molecule has 11 nitrogen and oxygen atoms in total. The minimum atomic E-state index is -5.29. The molecule has 15 heteroatoms. The van der Waals surface area contributed by atoms with Crippen molar-refractivity contribution in [1.29, 1.82) is 0 Å². The molecule has 1 aliphatic rings. The fourth-order valence-electron chi connectivity index (χ4n) is 3.39. The van der Waals surface area contributed by atoms with Crippen molar-refractivity contribution >= 4 is 46.7 Å². The summed E-state index contributed by atoms with van der Waals surface area (Å²) in [5, 5.41) is 1.72. The number of amides is 1. The van der Waals surface area contributed by atoms with E-state index in [0.717, 1.165) is 20.8 Å². The van der Waals surface area contributed by atoms with Crippen LogP contribution in [0.15, 0.2) is 33.9 Å². The lowest BCUT2D eigenvalue weighted by molar-refractivity contribution is -0.214. The van der Waals surface area contributed by atoms with Crippen LogP contribution in [-0.2, 0) is 38.1 Å². The number of carbonyl (C=O) groups is 4. The average molecular weight is 534 g/mol. The van der Waals surface area contributed by atoms with Crippen molar-refractivity contribution in [2.24, 2.45) is 0 Å². The number of oxazole rings is 1. The first-order chi connectivity index (χ1) is 16.8. The van der Waals surface area contributed by atoms with Crippen LogP contribution in [0.5, 0.6) is 0 Å². The van der Waals surface area contributed by atoms with Crippen LogP contribution in [0.2, 0.25) is 0 Å². The van der Waals surface area contributed by atoms with E-state index in [1.807, 2.05) is 0 Å². The summed E-state index contributed by atoms with van der Waals surface area (Å²) in [5.41, 5.74) is -0.601. The molecule has 2 heterocycles. The van der Waals surface area contributed by atoms with Gasteiger partial charge in [0.2, 0.25) is 0 Å². The van der Waals surface area contributed by atoms with E-state index in [1.54, 1.807) is 29.6 Å². The summed E-state index contributed by atoms with van der Waals surface area (Å²) in [4.78, 5) is 51.1. The fourth-order valence-corrected chi connectivity index (χ4v) is 4.45. The summed E-state index contributed by atoms with van der Waals surface area (Å²) in [6.45, 7) is 2.59. The van der Waals surface area contributed by atoms with Crippen LogP contribution in [0, 0.1) is 0 Å². The van der Waals surface area contributed by atoms with E-state index < -0.39 is 66.4 Å². The normalized spacial score (nSPS) is 24.1. The maximum absolute atomic E-state index is 13.1. The Morgan fingerprint density at radius 1 is 1.03 bits per heavy atom. The number of hydrogen-bond donors (Lipinski definition) is 1. The molecular formula is C21H21F3N2O9S. The number of rotatable bonds is 7. The SMILES string of the molecule is CC(=O)OC[C@H]1O[C@@H](Sc2nc3ccccc3o2)[C@H](NC(=O)C(F)(F)F)[C@@H](OC(C)=O)[C@@H]1OC(C)=O. The molecular weight excluding hydrogens is 513 g/mol. The highest BCUT2D eigenvalue weighted by molar-refractivity contribution is 7.99. The van der Waals surface area contributed by atoms with Crippen molar-refractivity contribution in [3.05, 3.63) is 24.3 Å². The number of para-hydroxylation sites is 2. The van der Waals surface area contributed by atoms with E-state index in [-0.39, 0.29) is 5.22 Å². The summed E-state index contributed by atoms with van der Waals surface area (Å²) in [6, 6.07) is 4.93. The molecule has 0 aliphatic carbocycles. The predicted molar refractivity (Wildman–Crippen MR) is 114 cm³/mol. The third-order valence-corrected chi connectivity index (χ3v) is 5.76. The first-order valence-corrected chi connectivity index (χ1v) is 11.3. The van der Waals surface area contributed by atoms with Gasteiger partial charge in [-0.3, -0.25) is 19.2 Å². The Morgan fingerprint density at radius 3 is 2.25 bits per heavy atom. The Bertz CT molecular complexity index is 1110. The van der Waals surface area contributed by atoms with Crippen molar-refractivity contribution in [3.63, 3.8) is 0 Å². The maximum atomic E-state index is 13.1. The molecule has 1 aromatic heterocycles. The molecule has 1 amide bonds. The Morgan fingerprint density at radius 2 is 1.67 bits per heavy atom. The highest BCUT2D eigenvalue weighted by atomic mass is 32.2. The number of aromatic nitrogens is 1. The third-order valence-electron chi connectivity index (χ3n) is 4.75. The number of alkyl halides is 3. The topological polar surface area (TPSA) is 143 Å². The maximum Gasteiger partial charge on any atom is 0.471 e. The van der Waals surface area contributed by atoms with Gasteiger partial charge in [0.05, 0.1) is 0 Å². The molecule has 0 spiro atoms. The van der Waals surface area contributed by atoms with Gasteiger partial charge >= 0.3 is 30.0 Å². The second kappa shape index (κ2) is 11.2. The molecule has 36 heavy (non-hydrogen) atoms. The van der Waals surface area contributed by atoms with Crippen molar-refractivity contribution < 1.29 is 55.7 Å². The Kier molecular flexibility index (Phi) is 8.45. The molecule has 0 unspecified atom stereocenters. The van der Waals surface area contributed by atoms with E-state index in [1.165, 1.54) is 0 Å². The molecule has 0 bridgehead atoms. The smallest absolute Gasteiger partial charge is 0.463 e. The van der Waals surface area contributed by atoms with Gasteiger partial charge in [0.25, 0.3) is 5.22 Å². The number of ether oxygens (including phenoxy) is 4. The fraction of sp³-hybridized carbons (Fsp3) is 0.476. The Labute approximate surface area is 206 Å². The zero-order valence-corrected chi connectivity index (χ0v) is 19.9. The van der Waals surface area contributed by atoms with Crippen LogP contribution < -0.4 is 5.32 Å². The number of nitrogens with zero attached hydrogens (tertiary/aromatic N) is 1. The molecule has 1 fully saturated rings. The van der Waals surface area contributed by atoms with E-state index in [9.17, 15) is 32.3 Å². The van der Waals surface area contributed by atoms with Gasteiger partial charge in [0, 0.05) is 20.8 Å². The van der Waals surface area contributed by atoms with Gasteiger partial charge in [-0.15, -0.1) is 0 Å². The van der Waals surface area contributed by atoms with Crippen LogP contribution in [0.4, 0.5) is 13.2 Å². The Hall–Kier alpha value is -3.33. The van der Waals surface area contributed by atoms with Gasteiger partial charge in [0.1, 0.15) is 29.7 Å². The van der Waals surface area contributed by atoms with Gasteiger partial charge in [-0.25, -0.2) is 4.98 Å². The molecule has 196 valence electrons. The number of halogens is 3. The van der Waals surface area contributed by atoms with Gasteiger partial charge in [-0.2, -0.15) is 13.2 Å². The van der Waals surface area contributed by atoms with Crippen molar-refractivity contribution in [2.75, 3.05) is 6.61 Å². The van der Waals surface area contributed by atoms with E-state index >= 15 is 0 Å². The van der Waals surface area contributed by atoms with E-state index in [0.29, 0.717) is 22.9 Å². The van der Waals surface area contributed by atoms with Crippen LogP contribution in [0.25, 0.3) is 11.1 Å². The first kappa shape index (κ1) is 27.3. The first-order valence-electron chi connectivity index (χ1n) is 10.4. The number of thioether (sulfide) groups is 1. The number of benzene rings is 1. The molecule has 3 rings (SSSR count). The van der Waals surface area contributed by atoms with E-state index in [2.05, 4.69) is 4.98 Å². The highest BCUT2D eigenvalue weighted by Gasteiger charge is 2.53. The highest BCUT2D eigenvalue weighted by Crippen LogP contribution is 2.37.